The van der Waals surface area contributed by atoms with Crippen LogP contribution in [0.1, 0.15) is 12.5 Å². The Morgan fingerprint density at radius 1 is 1.16 bits per heavy atom. The summed E-state index contributed by atoms with van der Waals surface area (Å²) >= 11 is 0. The molecule has 0 fully saturated rings. The van der Waals surface area contributed by atoms with E-state index in [0.29, 0.717) is 0 Å². The van der Waals surface area contributed by atoms with Gasteiger partial charge in [0, 0.05) is 0 Å². The number of hydrogen-bond acceptors (Lipinski definition) is 3. The van der Waals surface area contributed by atoms with Gasteiger partial charge in [-0.05, 0) is 12.5 Å². The van der Waals surface area contributed by atoms with Crippen molar-refractivity contribution in [2.45, 2.75) is 19.4 Å². The molecule has 0 saturated heterocycles. The van der Waals surface area contributed by atoms with Crippen LogP contribution < -0.4 is 21.9 Å². The maximum absolute atomic E-state index is 11.5. The number of hydrazine groups is 1. The lowest BCUT2D eigenvalue weighted by atomic mass is 10.1. The van der Waals surface area contributed by atoms with Gasteiger partial charge >= 0.3 is 6.03 Å². The predicted molar refractivity (Wildman–Crippen MR) is 68.6 cm³/mol. The molecule has 0 bridgehead atoms. The summed E-state index contributed by atoms with van der Waals surface area (Å²) < 4.78 is 0. The lowest BCUT2D eigenvalue weighted by molar-refractivity contribution is -0.129. The molecule has 102 valence electrons. The molecule has 0 aliphatic carbocycles. The molecule has 1 rings (SSSR count). The summed E-state index contributed by atoms with van der Waals surface area (Å²) in [7, 11) is 0. The molecule has 1 atom stereocenters. The molecular weight excluding hydrogens is 248 g/mol. The number of nitrogens with two attached hydrogens (primary N) is 1. The van der Waals surface area contributed by atoms with Crippen LogP contribution in [0.25, 0.3) is 0 Å². The number of carbonyl (C=O) groups is 3. The van der Waals surface area contributed by atoms with Crippen molar-refractivity contribution in [2.75, 3.05) is 0 Å². The Bertz CT molecular complexity index is 461. The van der Waals surface area contributed by atoms with Crippen molar-refractivity contribution in [1.82, 2.24) is 16.2 Å². The number of amides is 4. The molecule has 0 aliphatic heterocycles. The highest BCUT2D eigenvalue weighted by atomic mass is 16.2. The van der Waals surface area contributed by atoms with E-state index < -0.39 is 18.0 Å². The standard InChI is InChI=1S/C12H16N4O3/c1-8(14-12(13)19)11(18)16-15-10(17)7-9-5-3-2-4-6-9/h2-6,8H,7H2,1H3,(H,15,17)(H,16,18)(H3,13,14,19). The third-order valence-corrected chi connectivity index (χ3v) is 2.28. The van der Waals surface area contributed by atoms with Crippen LogP contribution in [-0.4, -0.2) is 23.9 Å². The van der Waals surface area contributed by atoms with Crippen molar-refractivity contribution in [1.29, 1.82) is 0 Å². The summed E-state index contributed by atoms with van der Waals surface area (Å²) in [4.78, 5) is 33.5. The van der Waals surface area contributed by atoms with Crippen molar-refractivity contribution in [3.8, 4) is 0 Å². The second-order valence-electron chi connectivity index (χ2n) is 3.93. The van der Waals surface area contributed by atoms with Crippen molar-refractivity contribution >= 4 is 17.8 Å². The van der Waals surface area contributed by atoms with E-state index in [2.05, 4.69) is 16.2 Å². The highest BCUT2D eigenvalue weighted by Crippen LogP contribution is 1.98. The average molecular weight is 264 g/mol. The topological polar surface area (TPSA) is 113 Å². The summed E-state index contributed by atoms with van der Waals surface area (Å²) in [5.74, 6) is -0.911. The number of carbonyl (C=O) groups excluding carboxylic acids is 3. The van der Waals surface area contributed by atoms with E-state index in [1.54, 1.807) is 12.1 Å². The van der Waals surface area contributed by atoms with Crippen LogP contribution in [0.2, 0.25) is 0 Å². The van der Waals surface area contributed by atoms with Gasteiger partial charge in [0.05, 0.1) is 6.42 Å². The van der Waals surface area contributed by atoms with E-state index in [-0.39, 0.29) is 12.3 Å². The van der Waals surface area contributed by atoms with Crippen LogP contribution in [0.15, 0.2) is 30.3 Å². The normalized spacial score (nSPS) is 11.2. The first-order valence-corrected chi connectivity index (χ1v) is 5.67. The molecule has 4 amide bonds. The Kier molecular flexibility index (Phi) is 5.34. The van der Waals surface area contributed by atoms with E-state index >= 15 is 0 Å². The largest absolute Gasteiger partial charge is 0.352 e. The lowest BCUT2D eigenvalue weighted by Gasteiger charge is -2.13. The Morgan fingerprint density at radius 2 is 1.79 bits per heavy atom. The minimum absolute atomic E-state index is 0.152. The highest BCUT2D eigenvalue weighted by Gasteiger charge is 2.14. The zero-order valence-electron chi connectivity index (χ0n) is 10.5. The van der Waals surface area contributed by atoms with Gasteiger partial charge in [0.2, 0.25) is 5.91 Å². The van der Waals surface area contributed by atoms with Gasteiger partial charge in [-0.3, -0.25) is 20.4 Å². The summed E-state index contributed by atoms with van der Waals surface area (Å²) in [5, 5.41) is 2.19. The molecule has 7 nitrogen and oxygen atoms in total. The van der Waals surface area contributed by atoms with Crippen LogP contribution in [0.5, 0.6) is 0 Å². The van der Waals surface area contributed by atoms with Gasteiger partial charge in [-0.1, -0.05) is 30.3 Å². The quantitative estimate of drug-likeness (QED) is 0.546. The van der Waals surface area contributed by atoms with Crippen LogP contribution in [0.4, 0.5) is 4.79 Å². The minimum Gasteiger partial charge on any atom is -0.352 e. The van der Waals surface area contributed by atoms with Crippen LogP contribution in [0, 0.1) is 0 Å². The highest BCUT2D eigenvalue weighted by molar-refractivity contribution is 5.88. The van der Waals surface area contributed by atoms with Crippen molar-refractivity contribution in [2.24, 2.45) is 5.73 Å². The molecule has 0 radical (unpaired) electrons. The summed E-state index contributed by atoms with van der Waals surface area (Å²) in [6, 6.07) is 7.46. The SMILES string of the molecule is CC(NC(N)=O)C(=O)NNC(=O)Cc1ccccc1. The fourth-order valence-corrected chi connectivity index (χ4v) is 1.34. The van der Waals surface area contributed by atoms with E-state index in [0.717, 1.165) is 5.56 Å². The molecular formula is C12H16N4O3. The van der Waals surface area contributed by atoms with Crippen LogP contribution in [0.3, 0.4) is 0 Å². The third kappa shape index (κ3) is 5.53. The summed E-state index contributed by atoms with van der Waals surface area (Å²) in [6.45, 7) is 1.45. The van der Waals surface area contributed by atoms with Gasteiger partial charge in [0.1, 0.15) is 6.04 Å². The molecule has 0 heterocycles. The Balaban J connectivity index is 2.34. The van der Waals surface area contributed by atoms with Gasteiger partial charge in [-0.2, -0.15) is 0 Å². The van der Waals surface area contributed by atoms with Crippen LogP contribution in [-0.2, 0) is 16.0 Å². The lowest BCUT2D eigenvalue weighted by Crippen LogP contribution is -2.52. The predicted octanol–water partition coefficient (Wildman–Crippen LogP) is -0.567. The van der Waals surface area contributed by atoms with E-state index in [9.17, 15) is 14.4 Å². The van der Waals surface area contributed by atoms with Crippen molar-refractivity contribution < 1.29 is 14.4 Å². The zero-order chi connectivity index (χ0) is 14.3. The van der Waals surface area contributed by atoms with E-state index in [1.165, 1.54) is 6.92 Å². The van der Waals surface area contributed by atoms with Gasteiger partial charge in [-0.15, -0.1) is 0 Å². The number of urea groups is 1. The monoisotopic (exact) mass is 264 g/mol. The number of primary amides is 1. The van der Waals surface area contributed by atoms with Crippen LogP contribution >= 0.6 is 0 Å². The second-order valence-corrected chi connectivity index (χ2v) is 3.93. The first-order chi connectivity index (χ1) is 8.99. The molecule has 5 N–H and O–H groups in total. The summed E-state index contributed by atoms with van der Waals surface area (Å²) in [6.07, 6.45) is 0.152. The van der Waals surface area contributed by atoms with Gasteiger partial charge in [-0.25, -0.2) is 4.79 Å². The fraction of sp³-hybridized carbons (Fsp3) is 0.250. The maximum Gasteiger partial charge on any atom is 0.312 e. The molecule has 0 spiro atoms. The molecule has 19 heavy (non-hydrogen) atoms. The molecule has 1 unspecified atom stereocenters. The average Bonchev–Trinajstić information content (AvgIpc) is 2.36. The summed E-state index contributed by atoms with van der Waals surface area (Å²) in [5.41, 5.74) is 10.2. The Labute approximate surface area is 110 Å². The number of benzene rings is 1. The van der Waals surface area contributed by atoms with Gasteiger partial charge in [0.15, 0.2) is 0 Å². The van der Waals surface area contributed by atoms with E-state index in [1.807, 2.05) is 18.2 Å². The molecule has 1 aromatic carbocycles. The first kappa shape index (κ1) is 14.5. The molecule has 0 saturated carbocycles. The Hall–Kier alpha value is -2.57. The smallest absolute Gasteiger partial charge is 0.312 e. The van der Waals surface area contributed by atoms with E-state index in [4.69, 9.17) is 5.73 Å². The zero-order valence-corrected chi connectivity index (χ0v) is 10.5. The molecule has 7 heteroatoms. The molecule has 0 aliphatic rings. The first-order valence-electron chi connectivity index (χ1n) is 5.67. The second kappa shape index (κ2) is 7.00. The van der Waals surface area contributed by atoms with Crippen molar-refractivity contribution in [3.05, 3.63) is 35.9 Å². The third-order valence-electron chi connectivity index (χ3n) is 2.28. The maximum atomic E-state index is 11.5. The van der Waals surface area contributed by atoms with Gasteiger partial charge < -0.3 is 11.1 Å². The number of hydrogen-bond donors (Lipinski definition) is 4. The minimum atomic E-state index is -0.825. The number of nitrogens with one attached hydrogen (secondary N) is 3. The number of rotatable bonds is 4. The molecule has 1 aromatic rings. The van der Waals surface area contributed by atoms with Gasteiger partial charge in [0.25, 0.3) is 5.91 Å². The Morgan fingerprint density at radius 3 is 2.37 bits per heavy atom. The van der Waals surface area contributed by atoms with Crippen molar-refractivity contribution in [3.63, 3.8) is 0 Å². The fourth-order valence-electron chi connectivity index (χ4n) is 1.34. The molecule has 0 aromatic heterocycles.